The summed E-state index contributed by atoms with van der Waals surface area (Å²) in [6.07, 6.45) is 1.83. The highest BCUT2D eigenvalue weighted by atomic mass is 31.2. The summed E-state index contributed by atoms with van der Waals surface area (Å²) in [5.41, 5.74) is 3.52. The third kappa shape index (κ3) is 6.23. The van der Waals surface area contributed by atoms with Crippen LogP contribution in [0.25, 0.3) is 11.0 Å². The van der Waals surface area contributed by atoms with Crippen LogP contribution in [-0.4, -0.2) is 29.3 Å². The molecule has 1 aromatic heterocycles. The number of fused-ring (bicyclic) bond motifs is 1. The molecule has 0 saturated carbocycles. The van der Waals surface area contributed by atoms with Crippen LogP contribution in [-0.2, 0) is 26.6 Å². The van der Waals surface area contributed by atoms with E-state index in [0.717, 1.165) is 48.5 Å². The van der Waals surface area contributed by atoms with Crippen molar-refractivity contribution in [2.75, 3.05) is 25.1 Å². The fraction of sp³-hybridized carbons (Fsp3) is 0.440. The van der Waals surface area contributed by atoms with E-state index in [9.17, 15) is 9.83 Å². The van der Waals surface area contributed by atoms with Gasteiger partial charge in [-0.25, -0.2) is 4.98 Å². The Labute approximate surface area is 196 Å². The van der Waals surface area contributed by atoms with Gasteiger partial charge in [0.15, 0.2) is 0 Å². The maximum Gasteiger partial charge on any atom is 0.361 e. The van der Waals surface area contributed by atoms with Gasteiger partial charge in [-0.2, -0.15) is 5.26 Å². The molecule has 0 aliphatic heterocycles. The van der Waals surface area contributed by atoms with Gasteiger partial charge in [-0.3, -0.25) is 4.57 Å². The first-order chi connectivity index (χ1) is 15.9. The number of rotatable bonds is 12. The summed E-state index contributed by atoms with van der Waals surface area (Å²) in [6.45, 7) is 10.2. The lowest BCUT2D eigenvalue weighted by molar-refractivity contribution is 0.230. The Bertz CT molecular complexity index is 1140. The average molecular weight is 469 g/mol. The van der Waals surface area contributed by atoms with Gasteiger partial charge >= 0.3 is 7.60 Å². The third-order valence-electron chi connectivity index (χ3n) is 5.36. The molecular weight excluding hydrogens is 435 g/mol. The van der Waals surface area contributed by atoms with Gasteiger partial charge in [0.25, 0.3) is 0 Å². The fourth-order valence-corrected chi connectivity index (χ4v) is 5.21. The minimum Gasteiger partial charge on any atom is -0.356 e. The predicted molar refractivity (Wildman–Crippen MR) is 133 cm³/mol. The Morgan fingerprint density at radius 2 is 1.82 bits per heavy atom. The molecule has 0 bridgehead atoms. The second kappa shape index (κ2) is 11.5. The van der Waals surface area contributed by atoms with Crippen molar-refractivity contribution in [2.24, 2.45) is 5.92 Å². The minimum atomic E-state index is -3.28. The molecule has 176 valence electrons. The normalized spacial score (nSPS) is 11.8. The topological polar surface area (TPSA) is 89.2 Å². The summed E-state index contributed by atoms with van der Waals surface area (Å²) in [4.78, 5) is 4.75. The number of nitrogens with one attached hydrogen (secondary N) is 1. The highest BCUT2D eigenvalue weighted by Crippen LogP contribution is 2.46. The maximum atomic E-state index is 13.0. The summed E-state index contributed by atoms with van der Waals surface area (Å²) in [5, 5.41) is 13.3. The highest BCUT2D eigenvalue weighted by Gasteiger charge is 2.26. The van der Waals surface area contributed by atoms with Crippen LogP contribution in [0.2, 0.25) is 0 Å². The SMILES string of the molecule is CCOP(=O)(OCC)c1ccc(CCn2c(NCCC(C)C)nc3cc(C#N)ccc32)cc1. The van der Waals surface area contributed by atoms with Crippen LogP contribution in [0.15, 0.2) is 42.5 Å². The molecule has 0 spiro atoms. The molecule has 0 aliphatic rings. The Balaban J connectivity index is 1.80. The molecule has 0 unspecified atom stereocenters. The predicted octanol–water partition coefficient (Wildman–Crippen LogP) is 5.50. The van der Waals surface area contributed by atoms with Gasteiger partial charge in [0.1, 0.15) is 0 Å². The summed E-state index contributed by atoms with van der Waals surface area (Å²) in [5.74, 6) is 1.41. The molecule has 7 nitrogen and oxygen atoms in total. The molecule has 3 aromatic rings. The molecule has 1 heterocycles. The first-order valence-corrected chi connectivity index (χ1v) is 13.1. The van der Waals surface area contributed by atoms with Crippen LogP contribution >= 0.6 is 7.60 Å². The van der Waals surface area contributed by atoms with Gasteiger partial charge in [-0.1, -0.05) is 26.0 Å². The van der Waals surface area contributed by atoms with Crippen molar-refractivity contribution in [2.45, 2.75) is 47.1 Å². The van der Waals surface area contributed by atoms with Crippen molar-refractivity contribution in [1.82, 2.24) is 9.55 Å². The van der Waals surface area contributed by atoms with Gasteiger partial charge < -0.3 is 18.9 Å². The third-order valence-corrected chi connectivity index (χ3v) is 7.48. The van der Waals surface area contributed by atoms with E-state index in [1.807, 2.05) is 56.3 Å². The van der Waals surface area contributed by atoms with E-state index >= 15 is 0 Å². The monoisotopic (exact) mass is 468 g/mol. The summed E-state index contributed by atoms with van der Waals surface area (Å²) < 4.78 is 26.0. The van der Waals surface area contributed by atoms with Crippen molar-refractivity contribution in [3.05, 3.63) is 53.6 Å². The Kier molecular flexibility index (Phi) is 8.68. The van der Waals surface area contributed by atoms with Gasteiger partial charge in [-0.15, -0.1) is 0 Å². The number of benzene rings is 2. The van der Waals surface area contributed by atoms with Crippen molar-refractivity contribution >= 4 is 29.9 Å². The fourth-order valence-electron chi connectivity index (χ4n) is 3.65. The zero-order valence-electron chi connectivity index (χ0n) is 19.9. The molecule has 0 saturated heterocycles. The Morgan fingerprint density at radius 1 is 1.12 bits per heavy atom. The quantitative estimate of drug-likeness (QED) is 0.353. The van der Waals surface area contributed by atoms with E-state index in [4.69, 9.17) is 14.0 Å². The molecule has 1 N–H and O–H groups in total. The van der Waals surface area contributed by atoms with Crippen LogP contribution in [0.5, 0.6) is 0 Å². The van der Waals surface area contributed by atoms with Gasteiger partial charge in [0.2, 0.25) is 5.95 Å². The van der Waals surface area contributed by atoms with Crippen LogP contribution in [0.1, 0.15) is 45.2 Å². The average Bonchev–Trinajstić information content (AvgIpc) is 3.14. The standard InChI is InChI=1S/C25H33N4O3P/c1-5-31-33(30,32-6-2)22-10-7-20(8-11-22)14-16-29-24-12-9-21(18-26)17-23(24)28-25(29)27-15-13-19(3)4/h7-12,17,19H,5-6,13-16H2,1-4H3,(H,27,28). The second-order valence-corrected chi connectivity index (χ2v) is 10.3. The highest BCUT2D eigenvalue weighted by molar-refractivity contribution is 7.62. The molecular formula is C25H33N4O3P. The van der Waals surface area contributed by atoms with E-state index in [1.165, 1.54) is 0 Å². The Morgan fingerprint density at radius 3 is 2.42 bits per heavy atom. The van der Waals surface area contributed by atoms with Gasteiger partial charge in [0.05, 0.1) is 41.2 Å². The number of hydrogen-bond donors (Lipinski definition) is 1. The van der Waals surface area contributed by atoms with Crippen molar-refractivity contribution in [3.63, 3.8) is 0 Å². The van der Waals surface area contributed by atoms with Crippen LogP contribution < -0.4 is 10.6 Å². The summed E-state index contributed by atoms with van der Waals surface area (Å²) in [7, 11) is -3.28. The molecule has 0 atom stereocenters. The van der Waals surface area contributed by atoms with Crippen LogP contribution in [0, 0.1) is 17.2 Å². The zero-order valence-corrected chi connectivity index (χ0v) is 20.8. The Hall–Kier alpha value is -2.65. The zero-order chi connectivity index (χ0) is 23.8. The molecule has 8 heteroatoms. The molecule has 0 amide bonds. The molecule has 0 aliphatic carbocycles. The largest absolute Gasteiger partial charge is 0.361 e. The minimum absolute atomic E-state index is 0.326. The number of nitriles is 1. The van der Waals surface area contributed by atoms with Gasteiger partial charge in [0, 0.05) is 13.1 Å². The van der Waals surface area contributed by atoms with E-state index in [2.05, 4.69) is 29.8 Å². The summed E-state index contributed by atoms with van der Waals surface area (Å²) in [6, 6.07) is 15.4. The van der Waals surface area contributed by atoms with Crippen molar-refractivity contribution < 1.29 is 13.6 Å². The lowest BCUT2D eigenvalue weighted by Gasteiger charge is -2.17. The lowest BCUT2D eigenvalue weighted by atomic mass is 10.1. The van der Waals surface area contributed by atoms with E-state index in [-0.39, 0.29) is 0 Å². The molecule has 0 radical (unpaired) electrons. The van der Waals surface area contributed by atoms with Crippen LogP contribution in [0.4, 0.5) is 5.95 Å². The molecule has 0 fully saturated rings. The number of imidazole rings is 1. The number of anilines is 1. The van der Waals surface area contributed by atoms with Gasteiger partial charge in [-0.05, 0) is 68.5 Å². The van der Waals surface area contributed by atoms with E-state index < -0.39 is 7.60 Å². The van der Waals surface area contributed by atoms with Crippen molar-refractivity contribution in [3.8, 4) is 6.07 Å². The molecule has 33 heavy (non-hydrogen) atoms. The second-order valence-electron chi connectivity index (χ2n) is 8.26. The number of nitrogens with zero attached hydrogens (tertiary/aromatic N) is 3. The smallest absolute Gasteiger partial charge is 0.356 e. The molecule has 2 aromatic carbocycles. The first kappa shape index (κ1) is 25.0. The maximum absolute atomic E-state index is 13.0. The van der Waals surface area contributed by atoms with E-state index in [1.54, 1.807) is 0 Å². The number of aryl methyl sites for hydroxylation is 2. The first-order valence-electron chi connectivity index (χ1n) is 11.5. The summed E-state index contributed by atoms with van der Waals surface area (Å²) >= 11 is 0. The molecule has 3 rings (SSSR count). The van der Waals surface area contributed by atoms with Crippen LogP contribution in [0.3, 0.4) is 0 Å². The number of hydrogen-bond acceptors (Lipinski definition) is 6. The van der Waals surface area contributed by atoms with E-state index in [0.29, 0.717) is 30.0 Å². The van der Waals surface area contributed by atoms with Crippen molar-refractivity contribution in [1.29, 1.82) is 5.26 Å². The lowest BCUT2D eigenvalue weighted by Crippen LogP contribution is -2.12. The number of aromatic nitrogens is 2.